The SMILES string of the molecule is CN(CC(=O)[O-])C(=O)CCCCCCF.[Na+]. The number of alkyl halides is 1. The summed E-state index contributed by atoms with van der Waals surface area (Å²) in [5, 5.41) is 10.2. The Balaban J connectivity index is 0. The average Bonchev–Trinajstić information content (AvgIpc) is 2.16. The van der Waals surface area contributed by atoms with Gasteiger partial charge in [-0.1, -0.05) is 12.8 Å². The molecule has 0 aliphatic rings. The standard InChI is InChI=1S/C10H18FNO3.Na/c1-12(8-10(14)15)9(13)6-4-2-3-5-7-11;/h2-8H2,1H3,(H,14,15);/q;+1/p-1. The van der Waals surface area contributed by atoms with Gasteiger partial charge in [0, 0.05) is 13.5 Å². The number of likely N-dealkylation sites (N-methyl/N-ethyl adjacent to an activating group) is 1. The summed E-state index contributed by atoms with van der Waals surface area (Å²) >= 11 is 0. The summed E-state index contributed by atoms with van der Waals surface area (Å²) in [4.78, 5) is 22.6. The number of amides is 1. The van der Waals surface area contributed by atoms with Gasteiger partial charge in [-0.3, -0.25) is 9.18 Å². The number of nitrogens with zero attached hydrogens (tertiary/aromatic N) is 1. The molecule has 0 fully saturated rings. The maximum atomic E-state index is 11.7. The Morgan fingerprint density at radius 3 is 2.25 bits per heavy atom. The quantitative estimate of drug-likeness (QED) is 0.339. The van der Waals surface area contributed by atoms with E-state index in [0.29, 0.717) is 19.3 Å². The van der Waals surface area contributed by atoms with Crippen LogP contribution in [0.2, 0.25) is 0 Å². The summed E-state index contributed by atoms with van der Waals surface area (Å²) in [6, 6.07) is 0. The van der Waals surface area contributed by atoms with Gasteiger partial charge in [0.15, 0.2) is 0 Å². The minimum Gasteiger partial charge on any atom is -0.548 e. The first-order chi connectivity index (χ1) is 7.07. The van der Waals surface area contributed by atoms with Crippen molar-refractivity contribution in [3.63, 3.8) is 0 Å². The van der Waals surface area contributed by atoms with Gasteiger partial charge < -0.3 is 14.8 Å². The van der Waals surface area contributed by atoms with E-state index in [1.807, 2.05) is 0 Å². The van der Waals surface area contributed by atoms with E-state index in [0.717, 1.165) is 17.7 Å². The molecule has 0 aliphatic carbocycles. The first kappa shape index (κ1) is 18.2. The van der Waals surface area contributed by atoms with Crippen LogP contribution in [0.5, 0.6) is 0 Å². The second kappa shape index (κ2) is 11.4. The number of aliphatic carboxylic acids is 1. The molecule has 0 atom stereocenters. The number of carbonyl (C=O) groups is 2. The molecule has 0 aromatic rings. The molecule has 0 N–H and O–H groups in total. The van der Waals surface area contributed by atoms with Crippen molar-refractivity contribution in [1.29, 1.82) is 0 Å². The average molecular weight is 241 g/mol. The normalized spacial score (nSPS) is 9.38. The molecule has 0 spiro atoms. The Morgan fingerprint density at radius 1 is 1.19 bits per heavy atom. The summed E-state index contributed by atoms with van der Waals surface area (Å²) in [7, 11) is 1.43. The molecule has 0 unspecified atom stereocenters. The van der Waals surface area contributed by atoms with Crippen molar-refractivity contribution in [2.24, 2.45) is 0 Å². The van der Waals surface area contributed by atoms with Crippen LogP contribution in [-0.2, 0) is 9.59 Å². The van der Waals surface area contributed by atoms with Gasteiger partial charge in [-0.05, 0) is 12.8 Å². The molecule has 0 bridgehead atoms. The van der Waals surface area contributed by atoms with E-state index < -0.39 is 5.97 Å². The van der Waals surface area contributed by atoms with Crippen molar-refractivity contribution in [2.45, 2.75) is 32.1 Å². The minimum absolute atomic E-state index is 0. The summed E-state index contributed by atoms with van der Waals surface area (Å²) in [6.07, 6.45) is 3.10. The Kier molecular flexibility index (Phi) is 12.9. The van der Waals surface area contributed by atoms with E-state index in [9.17, 15) is 19.1 Å². The fraction of sp³-hybridized carbons (Fsp3) is 0.800. The van der Waals surface area contributed by atoms with E-state index in [4.69, 9.17) is 0 Å². The predicted molar refractivity (Wildman–Crippen MR) is 51.7 cm³/mol. The predicted octanol–water partition coefficient (Wildman–Crippen LogP) is -2.88. The van der Waals surface area contributed by atoms with Gasteiger partial charge in [0.2, 0.25) is 5.91 Å². The number of rotatable bonds is 8. The largest absolute Gasteiger partial charge is 1.00 e. The van der Waals surface area contributed by atoms with Crippen LogP contribution < -0.4 is 34.7 Å². The second-order valence-electron chi connectivity index (χ2n) is 3.48. The zero-order valence-electron chi connectivity index (χ0n) is 10.00. The fourth-order valence-corrected chi connectivity index (χ4v) is 1.20. The van der Waals surface area contributed by atoms with Gasteiger partial charge in [-0.25, -0.2) is 0 Å². The molecule has 1 amide bonds. The summed E-state index contributed by atoms with van der Waals surface area (Å²) in [6.45, 7) is -0.693. The Morgan fingerprint density at radius 2 is 1.75 bits per heavy atom. The molecule has 6 heteroatoms. The Hall–Kier alpha value is -0.130. The summed E-state index contributed by atoms with van der Waals surface area (Å²) < 4.78 is 11.7. The first-order valence-electron chi connectivity index (χ1n) is 5.07. The van der Waals surface area contributed by atoms with Crippen LogP contribution in [0.3, 0.4) is 0 Å². The molecule has 16 heavy (non-hydrogen) atoms. The molecule has 88 valence electrons. The molecule has 0 saturated heterocycles. The van der Waals surface area contributed by atoms with Crippen molar-refractivity contribution in [1.82, 2.24) is 4.90 Å². The monoisotopic (exact) mass is 241 g/mol. The van der Waals surface area contributed by atoms with Crippen LogP contribution >= 0.6 is 0 Å². The third-order valence-corrected chi connectivity index (χ3v) is 2.07. The minimum atomic E-state index is -1.26. The van der Waals surface area contributed by atoms with E-state index >= 15 is 0 Å². The molecular formula is C10H17FNNaO3. The van der Waals surface area contributed by atoms with Gasteiger partial charge >= 0.3 is 29.6 Å². The van der Waals surface area contributed by atoms with Crippen LogP contribution in [0.15, 0.2) is 0 Å². The van der Waals surface area contributed by atoms with Gasteiger partial charge in [0.1, 0.15) is 0 Å². The molecule has 0 aromatic heterocycles. The van der Waals surface area contributed by atoms with Crippen molar-refractivity contribution in [3.05, 3.63) is 0 Å². The number of hydrogen-bond donors (Lipinski definition) is 0. The maximum absolute atomic E-state index is 11.7. The maximum Gasteiger partial charge on any atom is 1.00 e. The number of carboxylic acids is 1. The summed E-state index contributed by atoms with van der Waals surface area (Å²) in [5.41, 5.74) is 0. The van der Waals surface area contributed by atoms with Crippen LogP contribution in [-0.4, -0.2) is 37.0 Å². The number of carboxylic acid groups (broad SMARTS) is 1. The smallest absolute Gasteiger partial charge is 0.548 e. The van der Waals surface area contributed by atoms with Gasteiger partial charge in [0.05, 0.1) is 19.2 Å². The van der Waals surface area contributed by atoms with Crippen LogP contribution in [0.4, 0.5) is 4.39 Å². The Bertz CT molecular complexity index is 214. The number of halogens is 1. The number of carbonyl (C=O) groups excluding carboxylic acids is 2. The molecule has 0 heterocycles. The van der Waals surface area contributed by atoms with Gasteiger partial charge in [-0.2, -0.15) is 0 Å². The zero-order chi connectivity index (χ0) is 11.7. The molecule has 0 radical (unpaired) electrons. The Labute approximate surface area is 117 Å². The second-order valence-corrected chi connectivity index (χ2v) is 3.48. The first-order valence-corrected chi connectivity index (χ1v) is 5.07. The molecular weight excluding hydrogens is 224 g/mol. The molecule has 0 saturated carbocycles. The van der Waals surface area contributed by atoms with Crippen molar-refractivity contribution in [2.75, 3.05) is 20.3 Å². The van der Waals surface area contributed by atoms with E-state index in [2.05, 4.69) is 0 Å². The summed E-state index contributed by atoms with van der Waals surface area (Å²) in [5.74, 6) is -1.47. The van der Waals surface area contributed by atoms with Gasteiger partial charge in [-0.15, -0.1) is 0 Å². The van der Waals surface area contributed by atoms with Crippen LogP contribution in [0.1, 0.15) is 32.1 Å². The zero-order valence-corrected chi connectivity index (χ0v) is 12.0. The van der Waals surface area contributed by atoms with E-state index in [1.54, 1.807) is 0 Å². The third-order valence-electron chi connectivity index (χ3n) is 2.07. The van der Waals surface area contributed by atoms with Crippen LogP contribution in [0, 0.1) is 0 Å². The van der Waals surface area contributed by atoms with E-state index in [1.165, 1.54) is 7.05 Å². The fourth-order valence-electron chi connectivity index (χ4n) is 1.20. The molecule has 0 aliphatic heterocycles. The topological polar surface area (TPSA) is 60.4 Å². The molecule has 0 rings (SSSR count). The van der Waals surface area contributed by atoms with Crippen molar-refractivity contribution in [3.8, 4) is 0 Å². The number of hydrogen-bond acceptors (Lipinski definition) is 3. The third kappa shape index (κ3) is 10.4. The molecule has 0 aromatic carbocycles. The number of unbranched alkanes of at least 4 members (excludes halogenated alkanes) is 3. The van der Waals surface area contributed by atoms with Crippen molar-refractivity contribution >= 4 is 11.9 Å². The van der Waals surface area contributed by atoms with E-state index in [-0.39, 0.29) is 48.7 Å². The van der Waals surface area contributed by atoms with Gasteiger partial charge in [0.25, 0.3) is 0 Å². The van der Waals surface area contributed by atoms with Crippen LogP contribution in [0.25, 0.3) is 0 Å². The molecule has 4 nitrogen and oxygen atoms in total. The van der Waals surface area contributed by atoms with Crippen molar-refractivity contribution < 1.29 is 48.6 Å².